The van der Waals surface area contributed by atoms with Gasteiger partial charge in [0.15, 0.2) is 11.5 Å². The van der Waals surface area contributed by atoms with E-state index in [4.69, 9.17) is 9.47 Å². The van der Waals surface area contributed by atoms with Crippen molar-refractivity contribution in [2.45, 2.75) is 24.4 Å². The predicted octanol–water partition coefficient (Wildman–Crippen LogP) is 3.38. The van der Waals surface area contributed by atoms with Gasteiger partial charge in [-0.3, -0.25) is 9.52 Å². The number of carbonyl (C=O) groups excluding carboxylic acids is 1. The summed E-state index contributed by atoms with van der Waals surface area (Å²) >= 11 is 0. The number of hydrogen-bond donors (Lipinski definition) is 3. The Morgan fingerprint density at radius 3 is 2.30 bits per heavy atom. The number of anilines is 2. The zero-order chi connectivity index (χ0) is 23.3. The largest absolute Gasteiger partial charge is 0.486 e. The Labute approximate surface area is 193 Å². The molecule has 0 saturated heterocycles. The summed E-state index contributed by atoms with van der Waals surface area (Å²) in [7, 11) is -3.80. The predicted molar refractivity (Wildman–Crippen MR) is 126 cm³/mol. The van der Waals surface area contributed by atoms with Crippen LogP contribution in [-0.4, -0.2) is 33.6 Å². The van der Waals surface area contributed by atoms with Crippen LogP contribution in [0.15, 0.2) is 77.7 Å². The van der Waals surface area contributed by atoms with Crippen molar-refractivity contribution >= 4 is 27.3 Å². The van der Waals surface area contributed by atoms with E-state index in [-0.39, 0.29) is 10.8 Å². The molecule has 3 aromatic rings. The van der Waals surface area contributed by atoms with Crippen molar-refractivity contribution in [2.24, 2.45) is 0 Å². The molecule has 33 heavy (non-hydrogen) atoms. The monoisotopic (exact) mass is 467 g/mol. The number of rotatable bonds is 8. The molecule has 0 spiro atoms. The Morgan fingerprint density at radius 1 is 0.909 bits per heavy atom. The zero-order valence-electron chi connectivity index (χ0n) is 18.1. The molecule has 0 radical (unpaired) electrons. The molecule has 1 aliphatic heterocycles. The molecule has 4 rings (SSSR count). The first-order valence-electron chi connectivity index (χ1n) is 10.5. The SMILES string of the molecule is C[C@H](Nc1ccc(NS(=O)(=O)c2ccc3c(c2)OCCO3)cc1)C(=O)NCc1ccccc1. The highest BCUT2D eigenvalue weighted by Gasteiger charge is 2.19. The van der Waals surface area contributed by atoms with E-state index in [1.165, 1.54) is 12.1 Å². The molecule has 0 aliphatic carbocycles. The molecule has 1 amide bonds. The number of benzene rings is 3. The van der Waals surface area contributed by atoms with Gasteiger partial charge < -0.3 is 20.1 Å². The van der Waals surface area contributed by atoms with Crippen molar-refractivity contribution in [1.82, 2.24) is 5.32 Å². The van der Waals surface area contributed by atoms with Crippen LogP contribution in [0.1, 0.15) is 12.5 Å². The van der Waals surface area contributed by atoms with Gasteiger partial charge in [-0.2, -0.15) is 0 Å². The number of hydrogen-bond acceptors (Lipinski definition) is 6. The molecule has 8 nitrogen and oxygen atoms in total. The maximum Gasteiger partial charge on any atom is 0.262 e. The van der Waals surface area contributed by atoms with Gasteiger partial charge in [-0.25, -0.2) is 8.42 Å². The highest BCUT2D eigenvalue weighted by atomic mass is 32.2. The second kappa shape index (κ2) is 9.83. The van der Waals surface area contributed by atoms with Crippen LogP contribution in [0.5, 0.6) is 11.5 Å². The first kappa shape index (κ1) is 22.5. The quantitative estimate of drug-likeness (QED) is 0.469. The number of sulfonamides is 1. The maximum atomic E-state index is 12.8. The van der Waals surface area contributed by atoms with Crippen LogP contribution < -0.4 is 24.8 Å². The minimum absolute atomic E-state index is 0.0812. The summed E-state index contributed by atoms with van der Waals surface area (Å²) in [5, 5.41) is 6.00. The third kappa shape index (κ3) is 5.75. The first-order chi connectivity index (χ1) is 15.9. The number of amides is 1. The molecule has 0 unspecified atom stereocenters. The highest BCUT2D eigenvalue weighted by Crippen LogP contribution is 2.32. The Hall–Kier alpha value is -3.72. The van der Waals surface area contributed by atoms with Crippen molar-refractivity contribution in [3.05, 3.63) is 78.4 Å². The molecule has 172 valence electrons. The summed E-state index contributed by atoms with van der Waals surface area (Å²) in [5.74, 6) is 0.794. The standard InChI is InChI=1S/C24H25N3O5S/c1-17(24(28)25-16-18-5-3-2-4-6-18)26-19-7-9-20(10-8-19)27-33(29,30)21-11-12-22-23(15-21)32-14-13-31-22/h2-12,15,17,26-27H,13-14,16H2,1H3,(H,25,28)/t17-/m0/s1. The minimum atomic E-state index is -3.80. The van der Waals surface area contributed by atoms with Gasteiger partial charge in [0.25, 0.3) is 10.0 Å². The van der Waals surface area contributed by atoms with Crippen LogP contribution in [0.2, 0.25) is 0 Å². The van der Waals surface area contributed by atoms with E-state index in [1.807, 2.05) is 30.3 Å². The summed E-state index contributed by atoms with van der Waals surface area (Å²) in [6.45, 7) is 3.03. The molecule has 1 heterocycles. The zero-order valence-corrected chi connectivity index (χ0v) is 18.9. The van der Waals surface area contributed by atoms with Crippen molar-refractivity contribution in [1.29, 1.82) is 0 Å². The second-order valence-electron chi connectivity index (χ2n) is 7.56. The van der Waals surface area contributed by atoms with E-state index in [1.54, 1.807) is 37.3 Å². The average molecular weight is 468 g/mol. The summed E-state index contributed by atoms with van der Waals surface area (Å²) in [6, 6.07) is 20.4. The lowest BCUT2D eigenvalue weighted by Crippen LogP contribution is -2.37. The molecule has 0 fully saturated rings. The Kier molecular flexibility index (Phi) is 6.69. The average Bonchev–Trinajstić information content (AvgIpc) is 2.84. The molecule has 1 aliphatic rings. The molecule has 9 heteroatoms. The normalized spacial score (nSPS) is 13.6. The first-order valence-corrected chi connectivity index (χ1v) is 12.0. The van der Waals surface area contributed by atoms with Gasteiger partial charge >= 0.3 is 0 Å². The van der Waals surface area contributed by atoms with Gasteiger partial charge in [0.05, 0.1) is 4.90 Å². The van der Waals surface area contributed by atoms with Crippen LogP contribution in [0.25, 0.3) is 0 Å². The maximum absolute atomic E-state index is 12.8. The van der Waals surface area contributed by atoms with Crippen molar-refractivity contribution in [3.63, 3.8) is 0 Å². The molecular weight excluding hydrogens is 442 g/mol. The van der Waals surface area contributed by atoms with E-state index < -0.39 is 16.1 Å². The van der Waals surface area contributed by atoms with Gasteiger partial charge in [0, 0.05) is 24.0 Å². The number of carbonyl (C=O) groups is 1. The Bertz CT molecular complexity index is 1210. The van der Waals surface area contributed by atoms with E-state index in [9.17, 15) is 13.2 Å². The third-order valence-electron chi connectivity index (χ3n) is 5.05. The third-order valence-corrected chi connectivity index (χ3v) is 6.43. The van der Waals surface area contributed by atoms with Gasteiger partial charge in [0.1, 0.15) is 19.3 Å². The lowest BCUT2D eigenvalue weighted by molar-refractivity contribution is -0.121. The van der Waals surface area contributed by atoms with E-state index in [0.717, 1.165) is 5.56 Å². The van der Waals surface area contributed by atoms with Crippen LogP contribution in [-0.2, 0) is 21.4 Å². The van der Waals surface area contributed by atoms with Crippen molar-refractivity contribution in [3.8, 4) is 11.5 Å². The topological polar surface area (TPSA) is 106 Å². The van der Waals surface area contributed by atoms with Crippen LogP contribution in [0, 0.1) is 0 Å². The lowest BCUT2D eigenvalue weighted by Gasteiger charge is -2.19. The lowest BCUT2D eigenvalue weighted by atomic mass is 10.2. The summed E-state index contributed by atoms with van der Waals surface area (Å²) in [5.41, 5.74) is 2.11. The van der Waals surface area contributed by atoms with Gasteiger partial charge in [-0.15, -0.1) is 0 Å². The number of ether oxygens (including phenoxy) is 2. The second-order valence-corrected chi connectivity index (χ2v) is 9.24. The molecule has 0 saturated carbocycles. The van der Waals surface area contributed by atoms with Crippen molar-refractivity contribution < 1.29 is 22.7 Å². The highest BCUT2D eigenvalue weighted by molar-refractivity contribution is 7.92. The molecule has 0 bridgehead atoms. The Morgan fingerprint density at radius 2 is 1.58 bits per heavy atom. The summed E-state index contributed by atoms with van der Waals surface area (Å²) in [6.07, 6.45) is 0. The molecule has 3 N–H and O–H groups in total. The fourth-order valence-electron chi connectivity index (χ4n) is 3.29. The van der Waals surface area contributed by atoms with Crippen LogP contribution in [0.4, 0.5) is 11.4 Å². The molecule has 1 atom stereocenters. The van der Waals surface area contributed by atoms with E-state index in [0.29, 0.717) is 42.6 Å². The number of nitrogens with one attached hydrogen (secondary N) is 3. The van der Waals surface area contributed by atoms with E-state index >= 15 is 0 Å². The van der Waals surface area contributed by atoms with Crippen LogP contribution in [0.3, 0.4) is 0 Å². The molecule has 0 aromatic heterocycles. The Balaban J connectivity index is 1.34. The molecular formula is C24H25N3O5S. The van der Waals surface area contributed by atoms with Crippen molar-refractivity contribution in [2.75, 3.05) is 23.3 Å². The summed E-state index contributed by atoms with van der Waals surface area (Å²) in [4.78, 5) is 12.4. The fraction of sp³-hybridized carbons (Fsp3) is 0.208. The summed E-state index contributed by atoms with van der Waals surface area (Å²) < 4.78 is 39.0. The van der Waals surface area contributed by atoms with Gasteiger partial charge in [0.2, 0.25) is 5.91 Å². The fourth-order valence-corrected chi connectivity index (χ4v) is 4.37. The van der Waals surface area contributed by atoms with Gasteiger partial charge in [-0.05, 0) is 48.9 Å². The smallest absolute Gasteiger partial charge is 0.262 e. The van der Waals surface area contributed by atoms with Crippen LogP contribution >= 0.6 is 0 Å². The minimum Gasteiger partial charge on any atom is -0.486 e. The van der Waals surface area contributed by atoms with E-state index in [2.05, 4.69) is 15.4 Å². The van der Waals surface area contributed by atoms with Gasteiger partial charge in [-0.1, -0.05) is 30.3 Å². The molecule has 3 aromatic carbocycles. The number of fused-ring (bicyclic) bond motifs is 1.